The van der Waals surface area contributed by atoms with Gasteiger partial charge in [-0.15, -0.1) is 0 Å². The van der Waals surface area contributed by atoms with Gasteiger partial charge in [-0.05, 0) is 86.1 Å². The van der Waals surface area contributed by atoms with Crippen molar-refractivity contribution in [3.05, 3.63) is 58.6 Å². The number of nitrogens with one attached hydrogen (secondary N) is 1. The number of fused-ring (bicyclic) bond motifs is 2. The van der Waals surface area contributed by atoms with Crippen LogP contribution in [0.5, 0.6) is 0 Å². The molecule has 1 amide bonds. The minimum absolute atomic E-state index is 0.0830. The van der Waals surface area contributed by atoms with Gasteiger partial charge >= 0.3 is 0 Å². The minimum atomic E-state index is -3.71. The van der Waals surface area contributed by atoms with E-state index in [0.29, 0.717) is 22.2 Å². The van der Waals surface area contributed by atoms with Crippen molar-refractivity contribution < 1.29 is 13.2 Å². The zero-order chi connectivity index (χ0) is 20.8. The number of carbonyl (C=O) groups is 1. The van der Waals surface area contributed by atoms with E-state index in [9.17, 15) is 13.2 Å². The number of carbonyl (C=O) groups excluding carboxylic acids is 1. The largest absolute Gasteiger partial charge is 0.349 e. The molecule has 5 nitrogen and oxygen atoms in total. The molecule has 2 saturated carbocycles. The first kappa shape index (κ1) is 20.2. The summed E-state index contributed by atoms with van der Waals surface area (Å²) in [6.45, 7) is 1.82. The van der Waals surface area contributed by atoms with Crippen molar-refractivity contribution in [3.8, 4) is 0 Å². The first-order valence-electron chi connectivity index (χ1n) is 9.91. The molecule has 0 radical (unpaired) electrons. The molecule has 1 N–H and O–H groups in total. The predicted molar refractivity (Wildman–Crippen MR) is 115 cm³/mol. The van der Waals surface area contributed by atoms with E-state index in [4.69, 9.17) is 11.6 Å². The Bertz CT molecular complexity index is 1040. The molecule has 0 saturated heterocycles. The van der Waals surface area contributed by atoms with Crippen LogP contribution in [-0.2, 0) is 10.0 Å². The Morgan fingerprint density at radius 2 is 1.83 bits per heavy atom. The summed E-state index contributed by atoms with van der Waals surface area (Å²) in [6, 6.07) is 11.5. The summed E-state index contributed by atoms with van der Waals surface area (Å²) < 4.78 is 27.1. The highest BCUT2D eigenvalue weighted by atomic mass is 35.5. The Morgan fingerprint density at radius 1 is 1.10 bits per heavy atom. The molecule has 0 spiro atoms. The Morgan fingerprint density at radius 3 is 2.41 bits per heavy atom. The van der Waals surface area contributed by atoms with Gasteiger partial charge in [-0.3, -0.25) is 9.10 Å². The summed E-state index contributed by atoms with van der Waals surface area (Å²) in [7, 11) is -2.20. The van der Waals surface area contributed by atoms with E-state index in [1.165, 1.54) is 42.7 Å². The molecule has 3 atom stereocenters. The molecule has 2 bridgehead atoms. The second kappa shape index (κ2) is 7.65. The van der Waals surface area contributed by atoms with Gasteiger partial charge in [-0.2, -0.15) is 0 Å². The van der Waals surface area contributed by atoms with E-state index in [1.54, 1.807) is 30.3 Å². The summed E-state index contributed by atoms with van der Waals surface area (Å²) in [5.74, 6) is 1.29. The Labute approximate surface area is 177 Å². The fourth-order valence-corrected chi connectivity index (χ4v) is 6.10. The lowest BCUT2D eigenvalue weighted by Gasteiger charge is -2.24. The third kappa shape index (κ3) is 3.88. The average Bonchev–Trinajstić information content (AvgIpc) is 3.31. The highest BCUT2D eigenvalue weighted by molar-refractivity contribution is 7.92. The molecule has 29 heavy (non-hydrogen) atoms. The Hall–Kier alpha value is -2.05. The number of benzene rings is 2. The van der Waals surface area contributed by atoms with Crippen LogP contribution < -0.4 is 9.62 Å². The van der Waals surface area contributed by atoms with Crippen molar-refractivity contribution in [3.63, 3.8) is 0 Å². The minimum Gasteiger partial charge on any atom is -0.349 e. The maximum atomic E-state index is 12.9. The number of hydrogen-bond donors (Lipinski definition) is 1. The van der Waals surface area contributed by atoms with Crippen LogP contribution >= 0.6 is 11.6 Å². The van der Waals surface area contributed by atoms with E-state index in [2.05, 4.69) is 5.32 Å². The summed E-state index contributed by atoms with van der Waals surface area (Å²) in [5, 5.41) is 3.66. The molecular weight excluding hydrogens is 408 g/mol. The quantitative estimate of drug-likeness (QED) is 0.761. The number of nitrogens with zero attached hydrogens (tertiary/aromatic N) is 1. The molecule has 0 aromatic heterocycles. The van der Waals surface area contributed by atoms with E-state index in [-0.39, 0.29) is 16.8 Å². The number of aryl methyl sites for hydroxylation is 1. The molecule has 2 fully saturated rings. The molecule has 0 heterocycles. The number of hydrogen-bond acceptors (Lipinski definition) is 3. The van der Waals surface area contributed by atoms with Crippen molar-refractivity contribution in [1.82, 2.24) is 5.32 Å². The summed E-state index contributed by atoms with van der Waals surface area (Å²) in [5.41, 5.74) is 1.83. The fraction of sp³-hybridized carbons (Fsp3) is 0.409. The van der Waals surface area contributed by atoms with Gasteiger partial charge in [0.2, 0.25) is 0 Å². The van der Waals surface area contributed by atoms with Gasteiger partial charge in [0.15, 0.2) is 0 Å². The van der Waals surface area contributed by atoms with Gasteiger partial charge in [0.1, 0.15) is 0 Å². The molecule has 154 valence electrons. The molecule has 0 aliphatic heterocycles. The van der Waals surface area contributed by atoms with Gasteiger partial charge in [0, 0.05) is 23.7 Å². The van der Waals surface area contributed by atoms with Crippen molar-refractivity contribution in [2.24, 2.45) is 11.8 Å². The van der Waals surface area contributed by atoms with Crippen molar-refractivity contribution in [2.75, 3.05) is 11.4 Å². The SMILES string of the molecule is Cc1cc(C(=O)N[C@@H]2C[C@@H]3CC[C@@H]2C3)ccc1N(C)S(=O)(=O)c1ccc(Cl)cc1. The van der Waals surface area contributed by atoms with Crippen LogP contribution in [-0.4, -0.2) is 27.4 Å². The highest BCUT2D eigenvalue weighted by Gasteiger charge is 2.40. The number of rotatable bonds is 5. The normalized spacial score (nSPS) is 23.2. The number of sulfonamides is 1. The smallest absolute Gasteiger partial charge is 0.264 e. The van der Waals surface area contributed by atoms with Crippen LogP contribution in [0.2, 0.25) is 5.02 Å². The van der Waals surface area contributed by atoms with Crippen LogP contribution in [0.4, 0.5) is 5.69 Å². The second-order valence-corrected chi connectivity index (χ2v) is 10.6. The van der Waals surface area contributed by atoms with E-state index in [1.807, 2.05) is 6.92 Å². The van der Waals surface area contributed by atoms with E-state index >= 15 is 0 Å². The number of halogens is 1. The summed E-state index contributed by atoms with van der Waals surface area (Å²) >= 11 is 5.87. The van der Waals surface area contributed by atoms with Gasteiger partial charge in [-0.1, -0.05) is 18.0 Å². The highest BCUT2D eigenvalue weighted by Crippen LogP contribution is 2.44. The molecule has 2 aliphatic carbocycles. The van der Waals surface area contributed by atoms with E-state index < -0.39 is 10.0 Å². The zero-order valence-corrected chi connectivity index (χ0v) is 18.1. The maximum Gasteiger partial charge on any atom is 0.264 e. The van der Waals surface area contributed by atoms with Crippen LogP contribution in [0, 0.1) is 18.8 Å². The lowest BCUT2D eigenvalue weighted by Crippen LogP contribution is -2.38. The first-order valence-corrected chi connectivity index (χ1v) is 11.7. The van der Waals surface area contributed by atoms with E-state index in [0.717, 1.165) is 17.9 Å². The Kier molecular flexibility index (Phi) is 5.34. The first-order chi connectivity index (χ1) is 13.8. The van der Waals surface area contributed by atoms with Crippen molar-refractivity contribution in [1.29, 1.82) is 0 Å². The zero-order valence-electron chi connectivity index (χ0n) is 16.6. The van der Waals surface area contributed by atoms with Gasteiger partial charge in [0.05, 0.1) is 10.6 Å². The molecule has 2 aliphatic rings. The standard InChI is InChI=1S/C22H25ClN2O3S/c1-14-11-17(22(26)24-20-13-15-3-4-16(20)12-15)5-10-21(14)25(2)29(27,28)19-8-6-18(23)7-9-19/h5-11,15-16,20H,3-4,12-13H2,1-2H3,(H,24,26)/t15-,16-,20-/m1/s1. The summed E-state index contributed by atoms with van der Waals surface area (Å²) in [4.78, 5) is 12.9. The van der Waals surface area contributed by atoms with Gasteiger partial charge < -0.3 is 5.32 Å². The average molecular weight is 433 g/mol. The van der Waals surface area contributed by atoms with Crippen molar-refractivity contribution in [2.45, 2.75) is 43.5 Å². The topological polar surface area (TPSA) is 66.5 Å². The van der Waals surface area contributed by atoms with Crippen LogP contribution in [0.3, 0.4) is 0 Å². The number of amides is 1. The van der Waals surface area contributed by atoms with Crippen LogP contribution in [0.25, 0.3) is 0 Å². The molecule has 7 heteroatoms. The third-order valence-corrected chi connectivity index (χ3v) is 8.36. The molecule has 0 unspecified atom stereocenters. The molecular formula is C22H25ClN2O3S. The monoisotopic (exact) mass is 432 g/mol. The molecule has 4 rings (SSSR count). The second-order valence-electron chi connectivity index (χ2n) is 8.18. The molecule has 2 aromatic carbocycles. The molecule has 2 aromatic rings. The fourth-order valence-electron chi connectivity index (χ4n) is 4.72. The van der Waals surface area contributed by atoms with Crippen LogP contribution in [0.15, 0.2) is 47.4 Å². The maximum absolute atomic E-state index is 12.9. The Balaban J connectivity index is 1.52. The predicted octanol–water partition coefficient (Wildman–Crippen LogP) is 4.39. The van der Waals surface area contributed by atoms with Gasteiger partial charge in [-0.25, -0.2) is 8.42 Å². The third-order valence-electron chi connectivity index (χ3n) is 6.32. The van der Waals surface area contributed by atoms with Crippen molar-refractivity contribution >= 4 is 33.2 Å². The summed E-state index contributed by atoms with van der Waals surface area (Å²) in [6.07, 6.45) is 4.81. The van der Waals surface area contributed by atoms with Gasteiger partial charge in [0.25, 0.3) is 15.9 Å². The lowest BCUT2D eigenvalue weighted by molar-refractivity contribution is 0.0923. The number of anilines is 1. The lowest BCUT2D eigenvalue weighted by atomic mass is 9.95. The van der Waals surface area contributed by atoms with Crippen LogP contribution in [0.1, 0.15) is 41.6 Å².